The standard InChI is InChI=1S/C17H26FN/c1-6-16(7-2)12-11-14(3)9-8-10-15(4)17(18)13-19-5/h8-13,16H,6-7H2,1-5H3/p+1/b10-8+,12-11+,14-9+,17-15-,19-13?. The van der Waals surface area contributed by atoms with Crippen molar-refractivity contribution in [2.75, 3.05) is 7.05 Å². The first-order chi connectivity index (χ1) is 9.04. The summed E-state index contributed by atoms with van der Waals surface area (Å²) in [6, 6.07) is 0. The molecule has 0 aliphatic carbocycles. The van der Waals surface area contributed by atoms with Crippen LogP contribution in [0.15, 0.2) is 52.3 Å². The van der Waals surface area contributed by atoms with Gasteiger partial charge in [-0.25, -0.2) is 4.39 Å². The second-order valence-corrected chi connectivity index (χ2v) is 4.62. The van der Waals surface area contributed by atoms with Crippen LogP contribution in [0, 0.1) is 5.92 Å². The molecule has 106 valence electrons. The molecule has 0 fully saturated rings. The summed E-state index contributed by atoms with van der Waals surface area (Å²) < 4.78 is 13.3. The average Bonchev–Trinajstić information content (AvgIpc) is 2.40. The average molecular weight is 264 g/mol. The maximum atomic E-state index is 13.3. The molecule has 0 aromatic heterocycles. The number of aliphatic imine (C=N–C) groups is 1. The highest BCUT2D eigenvalue weighted by Crippen LogP contribution is 2.11. The van der Waals surface area contributed by atoms with E-state index in [0.717, 1.165) is 0 Å². The molecule has 0 saturated carbocycles. The minimum absolute atomic E-state index is 0. The fraction of sp³-hybridized carbons (Fsp3) is 0.471. The van der Waals surface area contributed by atoms with Gasteiger partial charge in [0.05, 0.1) is 6.21 Å². The summed E-state index contributed by atoms with van der Waals surface area (Å²) in [6.07, 6.45) is 13.5. The van der Waals surface area contributed by atoms with Gasteiger partial charge in [-0.15, -0.1) is 0 Å². The van der Waals surface area contributed by atoms with E-state index < -0.39 is 0 Å². The third-order valence-corrected chi connectivity index (χ3v) is 3.00. The van der Waals surface area contributed by atoms with Crippen molar-refractivity contribution >= 4 is 6.21 Å². The predicted molar refractivity (Wildman–Crippen MR) is 85.4 cm³/mol. The molecule has 0 radical (unpaired) electrons. The van der Waals surface area contributed by atoms with Crippen molar-refractivity contribution in [1.29, 1.82) is 0 Å². The number of hydrogen-bond donors (Lipinski definition) is 0. The van der Waals surface area contributed by atoms with Crippen molar-refractivity contribution in [2.24, 2.45) is 10.9 Å². The Morgan fingerprint density at radius 1 is 1.21 bits per heavy atom. The van der Waals surface area contributed by atoms with Gasteiger partial charge in [0.15, 0.2) is 0 Å². The van der Waals surface area contributed by atoms with E-state index in [2.05, 4.69) is 31.0 Å². The van der Waals surface area contributed by atoms with Crippen LogP contribution < -0.4 is 0 Å². The lowest BCUT2D eigenvalue weighted by Gasteiger charge is -2.04. The zero-order valence-electron chi connectivity index (χ0n) is 13.8. The topological polar surface area (TPSA) is 12.4 Å². The maximum absolute atomic E-state index is 13.3. The molecule has 2 heteroatoms. The van der Waals surface area contributed by atoms with Gasteiger partial charge in [0.25, 0.3) is 0 Å². The van der Waals surface area contributed by atoms with Crippen LogP contribution in [0.25, 0.3) is 0 Å². The highest BCUT2D eigenvalue weighted by atomic mass is 19.1. The van der Waals surface area contributed by atoms with Gasteiger partial charge in [-0.3, -0.25) is 4.99 Å². The Hall–Kier alpha value is -1.44. The lowest BCUT2D eigenvalue weighted by molar-refractivity contribution is 0.606. The normalized spacial score (nSPS) is 15.2. The lowest BCUT2D eigenvalue weighted by Crippen LogP contribution is -1.90. The van der Waals surface area contributed by atoms with Crippen LogP contribution in [0.5, 0.6) is 0 Å². The zero-order chi connectivity index (χ0) is 14.7. The van der Waals surface area contributed by atoms with Crippen molar-refractivity contribution in [3.8, 4) is 0 Å². The summed E-state index contributed by atoms with van der Waals surface area (Å²) in [5.74, 6) is 0.351. The maximum Gasteiger partial charge on any atom is 1.00 e. The van der Waals surface area contributed by atoms with Crippen molar-refractivity contribution in [2.45, 2.75) is 40.5 Å². The van der Waals surface area contributed by atoms with Gasteiger partial charge in [0.2, 0.25) is 0 Å². The second kappa shape index (κ2) is 10.5. The number of halogens is 1. The van der Waals surface area contributed by atoms with Gasteiger partial charge < -0.3 is 0 Å². The summed E-state index contributed by atoms with van der Waals surface area (Å²) in [4.78, 5) is 3.65. The molecule has 0 heterocycles. The molecule has 0 aromatic rings. The van der Waals surface area contributed by atoms with Gasteiger partial charge in [0.1, 0.15) is 5.83 Å². The Labute approximate surface area is 118 Å². The quantitative estimate of drug-likeness (QED) is 0.423. The summed E-state index contributed by atoms with van der Waals surface area (Å²) in [5, 5.41) is 0. The number of nitrogens with zero attached hydrogens (tertiary/aromatic N) is 1. The molecule has 0 amide bonds. The van der Waals surface area contributed by atoms with E-state index in [9.17, 15) is 4.39 Å². The smallest absolute Gasteiger partial charge is 0.293 e. The van der Waals surface area contributed by atoms with E-state index in [0.29, 0.717) is 11.5 Å². The Balaban J connectivity index is 0. The minimum Gasteiger partial charge on any atom is -0.293 e. The van der Waals surface area contributed by atoms with Gasteiger partial charge in [0, 0.05) is 7.05 Å². The van der Waals surface area contributed by atoms with Crippen molar-refractivity contribution in [3.05, 3.63) is 47.4 Å². The van der Waals surface area contributed by atoms with Crippen molar-refractivity contribution < 1.29 is 5.82 Å². The Morgan fingerprint density at radius 2 is 1.84 bits per heavy atom. The fourth-order valence-electron chi connectivity index (χ4n) is 1.54. The summed E-state index contributed by atoms with van der Waals surface area (Å²) in [6.45, 7) is 8.18. The molecule has 0 aliphatic heterocycles. The second-order valence-electron chi connectivity index (χ2n) is 4.62. The summed E-state index contributed by atoms with van der Waals surface area (Å²) in [5.41, 5.74) is 1.75. The zero-order valence-corrected chi connectivity index (χ0v) is 12.8. The molecule has 1 nitrogen and oxygen atoms in total. The van der Waals surface area contributed by atoms with Crippen LogP contribution in [-0.2, 0) is 0 Å². The van der Waals surface area contributed by atoms with Crippen molar-refractivity contribution in [3.63, 3.8) is 0 Å². The number of hydrogen-bond acceptors (Lipinski definition) is 1. The van der Waals surface area contributed by atoms with Gasteiger partial charge in [-0.05, 0) is 38.2 Å². The van der Waals surface area contributed by atoms with E-state index in [4.69, 9.17) is 0 Å². The van der Waals surface area contributed by atoms with E-state index in [1.165, 1.54) is 24.6 Å². The first-order valence-electron chi connectivity index (χ1n) is 6.86. The highest BCUT2D eigenvalue weighted by Gasteiger charge is 1.96. The third-order valence-electron chi connectivity index (χ3n) is 3.00. The Kier molecular flexibility index (Phi) is 9.69. The third kappa shape index (κ3) is 8.30. The van der Waals surface area contributed by atoms with Crippen LogP contribution >= 0.6 is 0 Å². The molecule has 0 rings (SSSR count). The monoisotopic (exact) mass is 264 g/mol. The first kappa shape index (κ1) is 17.6. The van der Waals surface area contributed by atoms with E-state index in [1.807, 2.05) is 19.1 Å². The molecular formula is C17H27FN+. The number of allylic oxidation sites excluding steroid dienone is 8. The van der Waals surface area contributed by atoms with Crippen molar-refractivity contribution in [1.82, 2.24) is 0 Å². The molecule has 0 spiro atoms. The summed E-state index contributed by atoms with van der Waals surface area (Å²) >= 11 is 0. The molecule has 0 aromatic carbocycles. The molecule has 0 saturated heterocycles. The van der Waals surface area contributed by atoms with Gasteiger partial charge in [-0.2, -0.15) is 0 Å². The largest absolute Gasteiger partial charge is 1.00 e. The van der Waals surface area contributed by atoms with E-state index in [-0.39, 0.29) is 7.25 Å². The van der Waals surface area contributed by atoms with E-state index >= 15 is 0 Å². The fourth-order valence-corrected chi connectivity index (χ4v) is 1.54. The summed E-state index contributed by atoms with van der Waals surface area (Å²) in [7, 11) is 1.56. The predicted octanol–water partition coefficient (Wildman–Crippen LogP) is 5.54. The minimum atomic E-state index is -0.294. The molecule has 0 bridgehead atoms. The Bertz CT molecular complexity index is 399. The molecule has 19 heavy (non-hydrogen) atoms. The molecule has 0 aliphatic rings. The molecule has 0 N–H and O–H groups in total. The van der Waals surface area contributed by atoms with Crippen LogP contribution in [0.4, 0.5) is 4.39 Å². The van der Waals surface area contributed by atoms with Crippen LogP contribution in [0.3, 0.4) is 0 Å². The SMILES string of the molecule is CCC(/C=C/C(C)=C/C=C/C(C)=C(\F)C=NC)CC.[H+]. The van der Waals surface area contributed by atoms with Crippen LogP contribution in [0.1, 0.15) is 42.0 Å². The Morgan fingerprint density at radius 3 is 2.37 bits per heavy atom. The molecule has 0 unspecified atom stereocenters. The lowest BCUT2D eigenvalue weighted by atomic mass is 10.0. The molecule has 0 atom stereocenters. The van der Waals surface area contributed by atoms with E-state index in [1.54, 1.807) is 20.0 Å². The highest BCUT2D eigenvalue weighted by molar-refractivity contribution is 5.77. The van der Waals surface area contributed by atoms with Crippen LogP contribution in [0.2, 0.25) is 0 Å². The van der Waals surface area contributed by atoms with Crippen LogP contribution in [-0.4, -0.2) is 13.3 Å². The van der Waals surface area contributed by atoms with Gasteiger partial charge in [-0.1, -0.05) is 49.8 Å². The molecular weight excluding hydrogens is 237 g/mol. The van der Waals surface area contributed by atoms with Gasteiger partial charge >= 0.3 is 1.43 Å². The first-order valence-corrected chi connectivity index (χ1v) is 6.86. The number of rotatable bonds is 7.